The van der Waals surface area contributed by atoms with Crippen LogP contribution in [0.2, 0.25) is 0 Å². The molecule has 172 valence electrons. The molecule has 1 aromatic carbocycles. The van der Waals surface area contributed by atoms with Crippen LogP contribution in [0.15, 0.2) is 34.6 Å². The maximum absolute atomic E-state index is 12.7. The van der Waals surface area contributed by atoms with E-state index in [1.807, 2.05) is 43.4 Å². The average molecular weight is 566 g/mol. The Balaban J connectivity index is 0.00000341. The van der Waals surface area contributed by atoms with E-state index in [0.29, 0.717) is 18.8 Å². The Kier molecular flexibility index (Phi) is 10.0. The average Bonchev–Trinajstić information content (AvgIpc) is 3.36. The van der Waals surface area contributed by atoms with E-state index in [1.165, 1.54) is 0 Å². The van der Waals surface area contributed by atoms with E-state index in [0.717, 1.165) is 36.3 Å². The first-order valence-electron chi connectivity index (χ1n) is 9.91. The van der Waals surface area contributed by atoms with Crippen molar-refractivity contribution in [2.45, 2.75) is 32.5 Å². The highest BCUT2D eigenvalue weighted by molar-refractivity contribution is 14.0. The van der Waals surface area contributed by atoms with Crippen molar-refractivity contribution in [3.05, 3.63) is 35.3 Å². The number of thiazole rings is 1. The largest absolute Gasteiger partial charge is 0.433 e. The predicted octanol–water partition coefficient (Wildman–Crippen LogP) is 3.76. The van der Waals surface area contributed by atoms with E-state index in [1.54, 1.807) is 23.5 Å². The fourth-order valence-electron chi connectivity index (χ4n) is 3.26. The van der Waals surface area contributed by atoms with Gasteiger partial charge in [0.1, 0.15) is 5.75 Å². The molecule has 3 rings (SSSR count). The molecule has 7 nitrogen and oxygen atoms in total. The molecule has 0 saturated carbocycles. The van der Waals surface area contributed by atoms with Crippen LogP contribution >= 0.6 is 35.3 Å². The second kappa shape index (κ2) is 12.2. The third-order valence-electron chi connectivity index (χ3n) is 4.62. The second-order valence-electron chi connectivity index (χ2n) is 7.13. The van der Waals surface area contributed by atoms with Crippen LogP contribution in [-0.4, -0.2) is 57.3 Å². The number of rotatable bonds is 8. The van der Waals surface area contributed by atoms with Crippen molar-refractivity contribution in [3.63, 3.8) is 0 Å². The molecule has 0 bridgehead atoms. The molecule has 0 amide bonds. The monoisotopic (exact) mass is 566 g/mol. The van der Waals surface area contributed by atoms with E-state index in [2.05, 4.69) is 30.2 Å². The lowest BCUT2D eigenvalue weighted by Gasteiger charge is -2.22. The lowest BCUT2D eigenvalue weighted by Crippen LogP contribution is -2.44. The lowest BCUT2D eigenvalue weighted by atomic mass is 10.2. The van der Waals surface area contributed by atoms with Gasteiger partial charge in [-0.2, -0.15) is 8.78 Å². The summed E-state index contributed by atoms with van der Waals surface area (Å²) in [5.41, 5.74) is 1.61. The third kappa shape index (κ3) is 7.34. The summed E-state index contributed by atoms with van der Waals surface area (Å²) in [5, 5.41) is 9.68. The summed E-state index contributed by atoms with van der Waals surface area (Å²) >= 11 is 1.59. The SMILES string of the molecule is CCNC(=NCc1csc(N(C)C)n1)NC1CCN(c2ccccc2OC(F)F)C1.I. The molecule has 1 saturated heterocycles. The number of guanidine groups is 1. The highest BCUT2D eigenvalue weighted by Gasteiger charge is 2.26. The highest BCUT2D eigenvalue weighted by Crippen LogP contribution is 2.31. The first-order valence-corrected chi connectivity index (χ1v) is 10.8. The molecule has 2 heterocycles. The molecule has 0 aliphatic carbocycles. The van der Waals surface area contributed by atoms with Gasteiger partial charge in [0.25, 0.3) is 0 Å². The van der Waals surface area contributed by atoms with Crippen LogP contribution in [0.3, 0.4) is 0 Å². The topological polar surface area (TPSA) is 65.0 Å². The Bertz CT molecular complexity index is 851. The van der Waals surface area contributed by atoms with Gasteiger partial charge in [-0.3, -0.25) is 0 Å². The van der Waals surface area contributed by atoms with Crippen molar-refractivity contribution in [2.75, 3.05) is 43.5 Å². The van der Waals surface area contributed by atoms with Gasteiger partial charge in [0.15, 0.2) is 11.1 Å². The molecule has 1 aliphatic heterocycles. The van der Waals surface area contributed by atoms with Crippen molar-refractivity contribution in [3.8, 4) is 5.75 Å². The Labute approximate surface area is 202 Å². The Morgan fingerprint density at radius 1 is 1.39 bits per heavy atom. The standard InChI is InChI=1S/C20H28F2N6OS.HI/c1-4-23-19(24-11-15-13-30-20(26-15)27(2)3)25-14-9-10-28(12-14)16-7-5-6-8-17(16)29-18(21)22;/h5-8,13-14,18H,4,9-12H2,1-3H3,(H2,23,24,25);1H. The number of aromatic nitrogens is 1. The first kappa shape index (κ1) is 25.4. The molecule has 2 N–H and O–H groups in total. The maximum atomic E-state index is 12.7. The van der Waals surface area contributed by atoms with Gasteiger partial charge in [-0.05, 0) is 25.5 Å². The Hall–Kier alpha value is -1.89. The van der Waals surface area contributed by atoms with Crippen LogP contribution in [0.1, 0.15) is 19.0 Å². The molecule has 11 heteroatoms. The van der Waals surface area contributed by atoms with Gasteiger partial charge in [0, 0.05) is 45.2 Å². The molecule has 2 aromatic rings. The summed E-state index contributed by atoms with van der Waals surface area (Å²) in [6, 6.07) is 7.06. The minimum Gasteiger partial charge on any atom is -0.433 e. The zero-order valence-corrected chi connectivity index (χ0v) is 21.0. The Morgan fingerprint density at radius 2 is 2.16 bits per heavy atom. The van der Waals surface area contributed by atoms with E-state index in [4.69, 9.17) is 0 Å². The third-order valence-corrected chi connectivity index (χ3v) is 5.67. The van der Waals surface area contributed by atoms with Crippen LogP contribution in [-0.2, 0) is 6.54 Å². The van der Waals surface area contributed by atoms with Crippen LogP contribution < -0.4 is 25.2 Å². The normalized spacial score (nSPS) is 16.3. The van der Waals surface area contributed by atoms with Crippen LogP contribution in [0.5, 0.6) is 5.75 Å². The molecule has 1 unspecified atom stereocenters. The van der Waals surface area contributed by atoms with Crippen molar-refractivity contribution in [1.82, 2.24) is 15.6 Å². The fourth-order valence-corrected chi connectivity index (χ4v) is 4.01. The number of nitrogens with one attached hydrogen (secondary N) is 2. The summed E-state index contributed by atoms with van der Waals surface area (Å²) < 4.78 is 30.1. The molecular weight excluding hydrogens is 537 g/mol. The summed E-state index contributed by atoms with van der Waals surface area (Å²) in [6.45, 7) is 1.83. The van der Waals surface area contributed by atoms with Crippen molar-refractivity contribution >= 4 is 52.1 Å². The van der Waals surface area contributed by atoms with Crippen molar-refractivity contribution in [1.29, 1.82) is 0 Å². The highest BCUT2D eigenvalue weighted by atomic mass is 127. The smallest absolute Gasteiger partial charge is 0.387 e. The number of nitrogens with zero attached hydrogens (tertiary/aromatic N) is 4. The molecule has 31 heavy (non-hydrogen) atoms. The number of hydrogen-bond donors (Lipinski definition) is 2. The number of alkyl halides is 2. The molecular formula is C20H29F2IN6OS. The van der Waals surface area contributed by atoms with Gasteiger partial charge >= 0.3 is 6.61 Å². The van der Waals surface area contributed by atoms with Gasteiger partial charge < -0.3 is 25.2 Å². The number of para-hydroxylation sites is 2. The Morgan fingerprint density at radius 3 is 2.84 bits per heavy atom. The number of ether oxygens (including phenoxy) is 1. The number of halogens is 3. The minimum atomic E-state index is -2.84. The minimum absolute atomic E-state index is 0. The zero-order valence-electron chi connectivity index (χ0n) is 17.8. The second-order valence-corrected chi connectivity index (χ2v) is 7.97. The van der Waals surface area contributed by atoms with Crippen LogP contribution in [0.4, 0.5) is 19.6 Å². The maximum Gasteiger partial charge on any atom is 0.387 e. The number of anilines is 2. The molecule has 0 radical (unpaired) electrons. The summed E-state index contributed by atoms with van der Waals surface area (Å²) in [7, 11) is 3.93. The van der Waals surface area contributed by atoms with Gasteiger partial charge in [-0.1, -0.05) is 12.1 Å². The van der Waals surface area contributed by atoms with E-state index in [-0.39, 0.29) is 35.8 Å². The molecule has 0 spiro atoms. The van der Waals surface area contributed by atoms with Crippen molar-refractivity contribution < 1.29 is 13.5 Å². The lowest BCUT2D eigenvalue weighted by molar-refractivity contribution is -0.0495. The van der Waals surface area contributed by atoms with Gasteiger partial charge in [-0.25, -0.2) is 9.98 Å². The zero-order chi connectivity index (χ0) is 21.5. The van der Waals surface area contributed by atoms with Gasteiger partial charge in [0.05, 0.1) is 17.9 Å². The van der Waals surface area contributed by atoms with Crippen LogP contribution in [0.25, 0.3) is 0 Å². The molecule has 1 aromatic heterocycles. The summed E-state index contributed by atoms with van der Waals surface area (Å²) in [5.74, 6) is 0.926. The summed E-state index contributed by atoms with van der Waals surface area (Å²) in [6.07, 6.45) is 0.870. The van der Waals surface area contributed by atoms with Gasteiger partial charge in [-0.15, -0.1) is 35.3 Å². The molecule has 1 fully saturated rings. The molecule has 1 aliphatic rings. The predicted molar refractivity (Wildman–Crippen MR) is 133 cm³/mol. The summed E-state index contributed by atoms with van der Waals surface area (Å²) in [4.78, 5) is 13.2. The van der Waals surface area contributed by atoms with Crippen molar-refractivity contribution in [2.24, 2.45) is 4.99 Å². The van der Waals surface area contributed by atoms with Crippen LogP contribution in [0, 0.1) is 0 Å². The first-order chi connectivity index (χ1) is 14.5. The quantitative estimate of drug-likeness (QED) is 0.288. The van der Waals surface area contributed by atoms with Gasteiger partial charge in [0.2, 0.25) is 0 Å². The number of benzene rings is 1. The van der Waals surface area contributed by atoms with E-state index < -0.39 is 6.61 Å². The number of hydrogen-bond acceptors (Lipinski definition) is 6. The number of aliphatic imine (C=N–C) groups is 1. The van der Waals surface area contributed by atoms with E-state index in [9.17, 15) is 8.78 Å². The molecule has 1 atom stereocenters. The fraction of sp³-hybridized carbons (Fsp3) is 0.500. The van der Waals surface area contributed by atoms with E-state index >= 15 is 0 Å².